The highest BCUT2D eigenvalue weighted by atomic mass is 16.3. The summed E-state index contributed by atoms with van der Waals surface area (Å²) in [6.45, 7) is 2.87. The van der Waals surface area contributed by atoms with Gasteiger partial charge in [-0.05, 0) is 36.8 Å². The zero-order valence-electron chi connectivity index (χ0n) is 9.36. The quantitative estimate of drug-likeness (QED) is 0.773. The first-order valence-corrected chi connectivity index (χ1v) is 5.38. The maximum atomic E-state index is 5.86. The third-order valence-electron chi connectivity index (χ3n) is 2.48. The molecule has 16 heavy (non-hydrogen) atoms. The number of furan rings is 1. The minimum absolute atomic E-state index is 0.782. The van der Waals surface area contributed by atoms with E-state index >= 15 is 0 Å². The van der Waals surface area contributed by atoms with Gasteiger partial charge in [0.1, 0.15) is 5.76 Å². The van der Waals surface area contributed by atoms with E-state index in [1.807, 2.05) is 24.3 Å². The summed E-state index contributed by atoms with van der Waals surface area (Å²) in [5.74, 6) is 0.985. The summed E-state index contributed by atoms with van der Waals surface area (Å²) < 4.78 is 5.25. The highest BCUT2D eigenvalue weighted by Gasteiger charge is 1.99. The second-order valence-electron chi connectivity index (χ2n) is 3.85. The Morgan fingerprint density at radius 1 is 1.31 bits per heavy atom. The first kappa shape index (κ1) is 10.6. The number of aryl methyl sites for hydroxylation is 1. The molecule has 0 saturated carbocycles. The molecule has 0 fully saturated rings. The Bertz CT molecular complexity index is 449. The minimum atomic E-state index is 0.782. The highest BCUT2D eigenvalue weighted by Crippen LogP contribution is 2.19. The minimum Gasteiger partial charge on any atom is -0.469 e. The maximum Gasteiger partial charge on any atom is 0.105 e. The van der Waals surface area contributed by atoms with Gasteiger partial charge in [-0.15, -0.1) is 0 Å². The lowest BCUT2D eigenvalue weighted by Gasteiger charge is -2.09. The molecule has 3 N–H and O–H groups in total. The SMILES string of the molecule is Cc1ccc(N)c(NCCc2ccco2)c1. The van der Waals surface area contributed by atoms with Gasteiger partial charge in [0.2, 0.25) is 0 Å². The fraction of sp³-hybridized carbons (Fsp3) is 0.231. The van der Waals surface area contributed by atoms with Gasteiger partial charge < -0.3 is 15.5 Å². The lowest BCUT2D eigenvalue weighted by Crippen LogP contribution is -2.06. The van der Waals surface area contributed by atoms with Crippen molar-refractivity contribution in [3.8, 4) is 0 Å². The predicted molar refractivity (Wildman–Crippen MR) is 66.5 cm³/mol. The number of benzene rings is 1. The zero-order valence-corrected chi connectivity index (χ0v) is 9.36. The Morgan fingerprint density at radius 3 is 2.94 bits per heavy atom. The molecule has 2 aromatic rings. The fourth-order valence-corrected chi connectivity index (χ4v) is 1.60. The molecule has 0 aliphatic heterocycles. The summed E-state index contributed by atoms with van der Waals surface area (Å²) in [6.07, 6.45) is 2.55. The average molecular weight is 216 g/mol. The van der Waals surface area contributed by atoms with Crippen LogP contribution in [0.5, 0.6) is 0 Å². The molecule has 0 radical (unpaired) electrons. The van der Waals surface area contributed by atoms with Crippen molar-refractivity contribution in [3.05, 3.63) is 47.9 Å². The van der Waals surface area contributed by atoms with Gasteiger partial charge in [-0.3, -0.25) is 0 Å². The van der Waals surface area contributed by atoms with Crippen LogP contribution < -0.4 is 11.1 Å². The molecule has 0 spiro atoms. The van der Waals surface area contributed by atoms with Gasteiger partial charge in [-0.25, -0.2) is 0 Å². The first-order valence-electron chi connectivity index (χ1n) is 5.38. The number of nitrogens with one attached hydrogen (secondary N) is 1. The van der Waals surface area contributed by atoms with Crippen LogP contribution in [0.2, 0.25) is 0 Å². The van der Waals surface area contributed by atoms with Crippen LogP contribution in [0.4, 0.5) is 11.4 Å². The molecule has 0 unspecified atom stereocenters. The van der Waals surface area contributed by atoms with Gasteiger partial charge in [0.15, 0.2) is 0 Å². The van der Waals surface area contributed by atoms with Crippen LogP contribution >= 0.6 is 0 Å². The third kappa shape index (κ3) is 2.57. The molecular weight excluding hydrogens is 200 g/mol. The van der Waals surface area contributed by atoms with Gasteiger partial charge in [0, 0.05) is 13.0 Å². The zero-order chi connectivity index (χ0) is 11.4. The van der Waals surface area contributed by atoms with Gasteiger partial charge >= 0.3 is 0 Å². The fourth-order valence-electron chi connectivity index (χ4n) is 1.60. The third-order valence-corrected chi connectivity index (χ3v) is 2.48. The Morgan fingerprint density at radius 2 is 2.19 bits per heavy atom. The Balaban J connectivity index is 1.92. The standard InChI is InChI=1S/C13H16N2O/c1-10-4-5-12(14)13(9-10)15-7-6-11-3-2-8-16-11/h2-5,8-9,15H,6-7,14H2,1H3. The van der Waals surface area contributed by atoms with E-state index in [1.54, 1.807) is 6.26 Å². The smallest absolute Gasteiger partial charge is 0.105 e. The number of anilines is 2. The van der Waals surface area contributed by atoms with Crippen LogP contribution in [0, 0.1) is 6.92 Å². The van der Waals surface area contributed by atoms with E-state index in [2.05, 4.69) is 18.3 Å². The Kier molecular flexibility index (Phi) is 3.15. The van der Waals surface area contributed by atoms with Crippen molar-refractivity contribution < 1.29 is 4.42 Å². The van der Waals surface area contributed by atoms with Crippen molar-refractivity contribution >= 4 is 11.4 Å². The molecule has 0 aliphatic carbocycles. The van der Waals surface area contributed by atoms with Crippen molar-refractivity contribution in [1.82, 2.24) is 0 Å². The van der Waals surface area contributed by atoms with E-state index in [4.69, 9.17) is 10.2 Å². The van der Waals surface area contributed by atoms with E-state index in [-0.39, 0.29) is 0 Å². The summed E-state index contributed by atoms with van der Waals surface area (Å²) in [7, 11) is 0. The molecule has 0 aliphatic rings. The molecule has 1 aromatic heterocycles. The summed E-state index contributed by atoms with van der Waals surface area (Å²) >= 11 is 0. The molecule has 2 rings (SSSR count). The molecule has 84 valence electrons. The van der Waals surface area contributed by atoms with Crippen LogP contribution in [0.1, 0.15) is 11.3 Å². The number of hydrogen-bond donors (Lipinski definition) is 2. The van der Waals surface area contributed by atoms with Gasteiger partial charge in [0.05, 0.1) is 17.6 Å². The second kappa shape index (κ2) is 4.75. The first-order chi connectivity index (χ1) is 7.75. The lowest BCUT2D eigenvalue weighted by atomic mass is 10.2. The van der Waals surface area contributed by atoms with Crippen LogP contribution in [-0.4, -0.2) is 6.54 Å². The molecule has 0 bridgehead atoms. The number of rotatable bonds is 4. The molecular formula is C13H16N2O. The van der Waals surface area contributed by atoms with E-state index < -0.39 is 0 Å². The summed E-state index contributed by atoms with van der Waals surface area (Å²) in [6, 6.07) is 9.85. The lowest BCUT2D eigenvalue weighted by molar-refractivity contribution is 0.513. The van der Waals surface area contributed by atoms with Crippen molar-refractivity contribution in [2.75, 3.05) is 17.6 Å². The Labute approximate surface area is 95.3 Å². The van der Waals surface area contributed by atoms with Crippen molar-refractivity contribution in [2.45, 2.75) is 13.3 Å². The normalized spacial score (nSPS) is 10.3. The van der Waals surface area contributed by atoms with Crippen molar-refractivity contribution in [2.24, 2.45) is 0 Å². The monoisotopic (exact) mass is 216 g/mol. The molecule has 1 heterocycles. The predicted octanol–water partition coefficient (Wildman–Crippen LogP) is 2.82. The van der Waals surface area contributed by atoms with Crippen molar-refractivity contribution in [3.63, 3.8) is 0 Å². The Hall–Kier alpha value is -1.90. The van der Waals surface area contributed by atoms with E-state index in [0.717, 1.165) is 30.1 Å². The van der Waals surface area contributed by atoms with Crippen molar-refractivity contribution in [1.29, 1.82) is 0 Å². The summed E-state index contributed by atoms with van der Waals surface area (Å²) in [4.78, 5) is 0. The second-order valence-corrected chi connectivity index (χ2v) is 3.85. The van der Waals surface area contributed by atoms with Gasteiger partial charge in [0.25, 0.3) is 0 Å². The maximum absolute atomic E-state index is 5.86. The molecule has 1 aromatic carbocycles. The van der Waals surface area contributed by atoms with Crippen LogP contribution in [0.3, 0.4) is 0 Å². The number of nitrogen functional groups attached to an aromatic ring is 1. The van der Waals surface area contributed by atoms with E-state index in [9.17, 15) is 0 Å². The van der Waals surface area contributed by atoms with Gasteiger partial charge in [-0.2, -0.15) is 0 Å². The largest absolute Gasteiger partial charge is 0.469 e. The molecule has 3 nitrogen and oxygen atoms in total. The topological polar surface area (TPSA) is 51.2 Å². The van der Waals surface area contributed by atoms with Crippen LogP contribution in [0.15, 0.2) is 41.0 Å². The number of hydrogen-bond acceptors (Lipinski definition) is 3. The summed E-state index contributed by atoms with van der Waals surface area (Å²) in [5.41, 5.74) is 8.84. The van der Waals surface area contributed by atoms with Crippen LogP contribution in [-0.2, 0) is 6.42 Å². The highest BCUT2D eigenvalue weighted by molar-refractivity contribution is 5.66. The molecule has 0 amide bonds. The average Bonchev–Trinajstić information content (AvgIpc) is 2.76. The summed E-state index contributed by atoms with van der Waals surface area (Å²) in [5, 5.41) is 3.31. The van der Waals surface area contributed by atoms with E-state index in [0.29, 0.717) is 0 Å². The number of nitrogens with two attached hydrogens (primary N) is 1. The van der Waals surface area contributed by atoms with Gasteiger partial charge in [-0.1, -0.05) is 6.07 Å². The molecule has 0 atom stereocenters. The molecule has 0 saturated heterocycles. The molecule has 3 heteroatoms. The van der Waals surface area contributed by atoms with Crippen LogP contribution in [0.25, 0.3) is 0 Å². The van der Waals surface area contributed by atoms with E-state index in [1.165, 1.54) is 5.56 Å².